The Bertz CT molecular complexity index is 475. The molecule has 96 valence electrons. The fourth-order valence-corrected chi connectivity index (χ4v) is 1.14. The van der Waals surface area contributed by atoms with Crippen LogP contribution in [0.4, 0.5) is 10.5 Å². The number of anilines is 1. The predicted molar refractivity (Wildman–Crippen MR) is 62.0 cm³/mol. The van der Waals surface area contributed by atoms with Gasteiger partial charge in [0.15, 0.2) is 5.69 Å². The molecular weight excluding hydrogens is 240 g/mol. The van der Waals surface area contributed by atoms with Crippen LogP contribution >= 0.6 is 0 Å². The summed E-state index contributed by atoms with van der Waals surface area (Å²) in [4.78, 5) is 36.3. The number of carboxylic acids is 1. The summed E-state index contributed by atoms with van der Waals surface area (Å²) in [6, 6.07) is 2.27. The maximum absolute atomic E-state index is 11.4. The third kappa shape index (κ3) is 4.08. The summed E-state index contributed by atoms with van der Waals surface area (Å²) in [5, 5.41) is 13.5. The zero-order valence-electron chi connectivity index (χ0n) is 9.34. The molecule has 1 heterocycles. The molecule has 0 aliphatic carbocycles. The van der Waals surface area contributed by atoms with Gasteiger partial charge in [0.1, 0.15) is 0 Å². The van der Waals surface area contributed by atoms with Crippen LogP contribution in [-0.2, 0) is 4.79 Å². The summed E-state index contributed by atoms with van der Waals surface area (Å²) in [5.74, 6) is -1.79. The molecule has 0 atom stereocenters. The Morgan fingerprint density at radius 1 is 1.39 bits per heavy atom. The molecule has 0 spiro atoms. The quantitative estimate of drug-likeness (QED) is 0.574. The van der Waals surface area contributed by atoms with Gasteiger partial charge in [-0.25, -0.2) is 14.6 Å². The van der Waals surface area contributed by atoms with Crippen molar-refractivity contribution in [2.75, 3.05) is 11.9 Å². The number of nitrogens with zero attached hydrogens (tertiary/aromatic N) is 1. The van der Waals surface area contributed by atoms with E-state index in [4.69, 9.17) is 10.8 Å². The van der Waals surface area contributed by atoms with E-state index < -0.39 is 17.9 Å². The Kier molecular flexibility index (Phi) is 4.61. The van der Waals surface area contributed by atoms with Gasteiger partial charge in [0, 0.05) is 19.2 Å². The summed E-state index contributed by atoms with van der Waals surface area (Å²) < 4.78 is 0. The van der Waals surface area contributed by atoms with E-state index in [1.807, 2.05) is 0 Å². The van der Waals surface area contributed by atoms with E-state index in [1.165, 1.54) is 18.3 Å². The van der Waals surface area contributed by atoms with E-state index in [1.54, 1.807) is 0 Å². The molecular formula is C10H12N4O4. The first-order valence-corrected chi connectivity index (χ1v) is 5.02. The number of nitrogens with two attached hydrogens (primary N) is 1. The monoisotopic (exact) mass is 252 g/mol. The van der Waals surface area contributed by atoms with Crippen LogP contribution in [0.25, 0.3) is 0 Å². The van der Waals surface area contributed by atoms with Crippen LogP contribution in [0.1, 0.15) is 16.9 Å². The highest BCUT2D eigenvalue weighted by atomic mass is 16.4. The van der Waals surface area contributed by atoms with Crippen LogP contribution in [0.5, 0.6) is 0 Å². The Morgan fingerprint density at radius 2 is 2.11 bits per heavy atom. The summed E-state index contributed by atoms with van der Waals surface area (Å²) in [7, 11) is 0. The molecule has 0 fully saturated rings. The molecule has 0 aliphatic heterocycles. The summed E-state index contributed by atoms with van der Waals surface area (Å²) in [5.41, 5.74) is 4.71. The van der Waals surface area contributed by atoms with Crippen molar-refractivity contribution in [1.82, 2.24) is 10.3 Å². The van der Waals surface area contributed by atoms with Crippen molar-refractivity contribution >= 4 is 23.6 Å². The van der Waals surface area contributed by atoms with Crippen molar-refractivity contribution in [3.63, 3.8) is 0 Å². The highest BCUT2D eigenvalue weighted by Gasteiger charge is 2.12. The second-order valence-electron chi connectivity index (χ2n) is 3.30. The van der Waals surface area contributed by atoms with Crippen molar-refractivity contribution in [2.45, 2.75) is 6.42 Å². The van der Waals surface area contributed by atoms with Gasteiger partial charge in [-0.3, -0.25) is 4.79 Å². The number of urea groups is 1. The van der Waals surface area contributed by atoms with Crippen molar-refractivity contribution < 1.29 is 19.5 Å². The van der Waals surface area contributed by atoms with Crippen molar-refractivity contribution in [3.05, 3.63) is 24.0 Å². The number of nitrogens with one attached hydrogen (secondary N) is 2. The molecule has 0 saturated heterocycles. The van der Waals surface area contributed by atoms with E-state index >= 15 is 0 Å². The number of amides is 3. The lowest BCUT2D eigenvalue weighted by Gasteiger charge is -2.08. The molecule has 0 bridgehead atoms. The first kappa shape index (κ1) is 13.4. The molecule has 1 aromatic rings. The third-order valence-electron chi connectivity index (χ3n) is 1.92. The topological polar surface area (TPSA) is 134 Å². The minimum absolute atomic E-state index is 0.00620. The van der Waals surface area contributed by atoms with Crippen LogP contribution in [0.2, 0.25) is 0 Å². The normalized spacial score (nSPS) is 9.56. The molecule has 18 heavy (non-hydrogen) atoms. The zero-order valence-corrected chi connectivity index (χ0v) is 9.34. The molecule has 0 unspecified atom stereocenters. The van der Waals surface area contributed by atoms with E-state index in [0.29, 0.717) is 0 Å². The Labute approximate surface area is 102 Å². The van der Waals surface area contributed by atoms with Gasteiger partial charge in [0.05, 0.1) is 5.69 Å². The van der Waals surface area contributed by atoms with E-state index in [-0.39, 0.29) is 24.3 Å². The smallest absolute Gasteiger partial charge is 0.356 e. The average Bonchev–Trinajstić information content (AvgIpc) is 2.28. The molecule has 5 N–H and O–H groups in total. The number of hydrogen-bond donors (Lipinski definition) is 4. The van der Waals surface area contributed by atoms with E-state index in [9.17, 15) is 14.4 Å². The highest BCUT2D eigenvalue weighted by Crippen LogP contribution is 2.11. The van der Waals surface area contributed by atoms with Crippen LogP contribution in [-0.4, -0.2) is 34.5 Å². The second kappa shape index (κ2) is 6.18. The van der Waals surface area contributed by atoms with E-state index in [2.05, 4.69) is 15.6 Å². The molecule has 1 rings (SSSR count). The molecule has 0 aromatic carbocycles. The predicted octanol–water partition coefficient (Wildman–Crippen LogP) is -0.223. The molecule has 1 aromatic heterocycles. The minimum atomic E-state index is -1.25. The molecule has 0 aliphatic rings. The van der Waals surface area contributed by atoms with Gasteiger partial charge < -0.3 is 21.5 Å². The van der Waals surface area contributed by atoms with Gasteiger partial charge in [0.25, 0.3) is 0 Å². The zero-order chi connectivity index (χ0) is 13.5. The van der Waals surface area contributed by atoms with Gasteiger partial charge in [-0.05, 0) is 12.1 Å². The van der Waals surface area contributed by atoms with Crippen LogP contribution in [0, 0.1) is 0 Å². The number of aromatic carboxylic acids is 1. The maximum Gasteiger partial charge on any atom is 0.356 e. The highest BCUT2D eigenvalue weighted by molar-refractivity contribution is 5.98. The summed E-state index contributed by atoms with van der Waals surface area (Å²) in [6.07, 6.45) is 1.31. The molecule has 8 heteroatoms. The first-order valence-electron chi connectivity index (χ1n) is 5.02. The van der Waals surface area contributed by atoms with Gasteiger partial charge in [0.2, 0.25) is 5.91 Å². The van der Waals surface area contributed by atoms with Gasteiger partial charge >= 0.3 is 12.0 Å². The van der Waals surface area contributed by atoms with E-state index in [0.717, 1.165) is 0 Å². The lowest BCUT2D eigenvalue weighted by Crippen LogP contribution is -2.32. The average molecular weight is 252 g/mol. The first-order chi connectivity index (χ1) is 8.50. The summed E-state index contributed by atoms with van der Waals surface area (Å²) in [6.45, 7) is 0.0732. The van der Waals surface area contributed by atoms with Crippen LogP contribution in [0.15, 0.2) is 18.3 Å². The standard InChI is InChI=1S/C10H12N4O4/c11-7(15)3-5-13-10(18)14-6-2-1-4-12-8(6)9(16)17/h1-2,4H,3,5H2,(H2,11,15)(H,16,17)(H2,13,14,18). The number of carboxylic acid groups (broad SMARTS) is 1. The number of pyridine rings is 1. The van der Waals surface area contributed by atoms with Gasteiger partial charge in [-0.2, -0.15) is 0 Å². The molecule has 8 nitrogen and oxygen atoms in total. The number of primary amides is 1. The van der Waals surface area contributed by atoms with Crippen LogP contribution in [0.3, 0.4) is 0 Å². The fourth-order valence-electron chi connectivity index (χ4n) is 1.14. The SMILES string of the molecule is NC(=O)CCNC(=O)Nc1cccnc1C(=O)O. The van der Waals surface area contributed by atoms with Crippen LogP contribution < -0.4 is 16.4 Å². The number of hydrogen-bond acceptors (Lipinski definition) is 4. The van der Waals surface area contributed by atoms with Gasteiger partial charge in [-0.15, -0.1) is 0 Å². The fraction of sp³-hybridized carbons (Fsp3) is 0.200. The minimum Gasteiger partial charge on any atom is -0.476 e. The molecule has 0 radical (unpaired) electrons. The molecule has 3 amide bonds. The summed E-state index contributed by atoms with van der Waals surface area (Å²) >= 11 is 0. The molecule has 0 saturated carbocycles. The Balaban J connectivity index is 2.59. The second-order valence-corrected chi connectivity index (χ2v) is 3.30. The number of carbonyl (C=O) groups excluding carboxylic acids is 2. The number of rotatable bonds is 5. The lowest BCUT2D eigenvalue weighted by atomic mass is 10.3. The number of aromatic nitrogens is 1. The number of carbonyl (C=O) groups is 3. The van der Waals surface area contributed by atoms with Crippen molar-refractivity contribution in [3.8, 4) is 0 Å². The van der Waals surface area contributed by atoms with Crippen molar-refractivity contribution in [2.24, 2.45) is 5.73 Å². The Morgan fingerprint density at radius 3 is 2.72 bits per heavy atom. The maximum atomic E-state index is 11.4. The van der Waals surface area contributed by atoms with Crippen molar-refractivity contribution in [1.29, 1.82) is 0 Å². The van der Waals surface area contributed by atoms with Gasteiger partial charge in [-0.1, -0.05) is 0 Å². The largest absolute Gasteiger partial charge is 0.476 e. The Hall–Kier alpha value is -2.64. The third-order valence-corrected chi connectivity index (χ3v) is 1.92. The lowest BCUT2D eigenvalue weighted by molar-refractivity contribution is -0.117.